The van der Waals surface area contributed by atoms with Gasteiger partial charge in [-0.05, 0) is 41.5 Å². The SMILES string of the molecule is COc1ncnc2c1c(I)cn2S(=O)(=O)C1=CC=CCC1. The summed E-state index contributed by atoms with van der Waals surface area (Å²) in [5.74, 6) is 0.371. The summed E-state index contributed by atoms with van der Waals surface area (Å²) in [6.45, 7) is 0. The molecule has 0 fully saturated rings. The Bertz CT molecular complexity index is 868. The van der Waals surface area contributed by atoms with Gasteiger partial charge in [0.05, 0.1) is 17.4 Å². The molecule has 110 valence electrons. The van der Waals surface area contributed by atoms with Gasteiger partial charge in [0, 0.05) is 9.77 Å². The Hall–Kier alpha value is -1.42. The maximum absolute atomic E-state index is 12.8. The number of rotatable bonds is 3. The predicted octanol–water partition coefficient (Wildman–Crippen LogP) is 2.46. The molecule has 0 aliphatic heterocycles. The number of allylic oxidation sites excluding steroid dienone is 4. The Morgan fingerprint density at radius 3 is 2.86 bits per heavy atom. The van der Waals surface area contributed by atoms with Crippen LogP contribution in [0.5, 0.6) is 5.88 Å². The Morgan fingerprint density at radius 1 is 1.38 bits per heavy atom. The molecule has 0 radical (unpaired) electrons. The lowest BCUT2D eigenvalue weighted by Crippen LogP contribution is -2.15. The van der Waals surface area contributed by atoms with E-state index in [2.05, 4.69) is 32.6 Å². The summed E-state index contributed by atoms with van der Waals surface area (Å²) in [7, 11) is -2.12. The molecule has 2 aromatic heterocycles. The van der Waals surface area contributed by atoms with Gasteiger partial charge >= 0.3 is 0 Å². The first-order chi connectivity index (χ1) is 10.1. The summed E-state index contributed by atoms with van der Waals surface area (Å²) in [6.07, 6.45) is 9.42. The third-order valence-electron chi connectivity index (χ3n) is 3.23. The molecule has 0 atom stereocenters. The van der Waals surface area contributed by atoms with Crippen molar-refractivity contribution in [3.63, 3.8) is 0 Å². The molecule has 0 unspecified atom stereocenters. The molecule has 0 bridgehead atoms. The number of methoxy groups -OCH3 is 1. The highest BCUT2D eigenvalue weighted by Crippen LogP contribution is 2.31. The van der Waals surface area contributed by atoms with Gasteiger partial charge in [-0.1, -0.05) is 12.2 Å². The predicted molar refractivity (Wildman–Crippen MR) is 87.6 cm³/mol. The third-order valence-corrected chi connectivity index (χ3v) is 5.85. The molecule has 6 nitrogen and oxygen atoms in total. The molecule has 0 amide bonds. The highest BCUT2D eigenvalue weighted by atomic mass is 127. The number of hydrogen-bond acceptors (Lipinski definition) is 5. The maximum Gasteiger partial charge on any atom is 0.265 e. The molecule has 21 heavy (non-hydrogen) atoms. The van der Waals surface area contributed by atoms with Crippen LogP contribution in [-0.2, 0) is 10.0 Å². The molecule has 3 rings (SSSR count). The summed E-state index contributed by atoms with van der Waals surface area (Å²) in [5.41, 5.74) is 0.335. The lowest BCUT2D eigenvalue weighted by atomic mass is 10.2. The van der Waals surface area contributed by atoms with E-state index >= 15 is 0 Å². The van der Waals surface area contributed by atoms with Crippen LogP contribution in [0.25, 0.3) is 11.0 Å². The molecule has 1 aliphatic carbocycles. The fraction of sp³-hybridized carbons (Fsp3) is 0.231. The first kappa shape index (κ1) is 14.5. The van der Waals surface area contributed by atoms with E-state index < -0.39 is 10.0 Å². The van der Waals surface area contributed by atoms with Crippen molar-refractivity contribution in [2.24, 2.45) is 0 Å². The Morgan fingerprint density at radius 2 is 2.19 bits per heavy atom. The second-order valence-electron chi connectivity index (χ2n) is 4.46. The Balaban J connectivity index is 2.26. The van der Waals surface area contributed by atoms with Gasteiger partial charge in [-0.25, -0.2) is 22.4 Å². The normalized spacial score (nSPS) is 15.2. The van der Waals surface area contributed by atoms with Crippen LogP contribution in [-0.4, -0.2) is 29.5 Å². The van der Waals surface area contributed by atoms with Crippen molar-refractivity contribution in [1.82, 2.24) is 13.9 Å². The van der Waals surface area contributed by atoms with Crippen molar-refractivity contribution in [2.75, 3.05) is 7.11 Å². The molecular formula is C13H12IN3O3S. The van der Waals surface area contributed by atoms with Crippen LogP contribution >= 0.6 is 22.6 Å². The summed E-state index contributed by atoms with van der Waals surface area (Å²) >= 11 is 2.06. The van der Waals surface area contributed by atoms with Gasteiger partial charge in [0.2, 0.25) is 5.88 Å². The lowest BCUT2D eigenvalue weighted by Gasteiger charge is -2.11. The quantitative estimate of drug-likeness (QED) is 0.718. The molecule has 0 N–H and O–H groups in total. The van der Waals surface area contributed by atoms with E-state index in [-0.39, 0.29) is 0 Å². The van der Waals surface area contributed by atoms with Crippen LogP contribution in [0.4, 0.5) is 0 Å². The first-order valence-electron chi connectivity index (χ1n) is 6.22. The van der Waals surface area contributed by atoms with Crippen molar-refractivity contribution in [1.29, 1.82) is 0 Å². The van der Waals surface area contributed by atoms with Crippen molar-refractivity contribution in [3.05, 3.63) is 39.2 Å². The van der Waals surface area contributed by atoms with Crippen molar-refractivity contribution in [3.8, 4) is 5.88 Å². The zero-order valence-corrected chi connectivity index (χ0v) is 14.1. The zero-order valence-electron chi connectivity index (χ0n) is 11.2. The third kappa shape index (κ3) is 2.35. The average Bonchev–Trinajstić information content (AvgIpc) is 2.86. The van der Waals surface area contributed by atoms with Gasteiger partial charge in [-0.3, -0.25) is 0 Å². The van der Waals surface area contributed by atoms with Gasteiger partial charge in [-0.2, -0.15) is 0 Å². The summed E-state index contributed by atoms with van der Waals surface area (Å²) in [5, 5.41) is 0.608. The van der Waals surface area contributed by atoms with Gasteiger partial charge in [0.25, 0.3) is 10.0 Å². The lowest BCUT2D eigenvalue weighted by molar-refractivity contribution is 0.402. The first-order valence-corrected chi connectivity index (χ1v) is 8.74. The second kappa shape index (κ2) is 5.41. The van der Waals surface area contributed by atoms with Crippen LogP contribution in [0.3, 0.4) is 0 Å². The zero-order chi connectivity index (χ0) is 15.0. The molecule has 0 saturated heterocycles. The van der Waals surface area contributed by atoms with E-state index in [1.54, 1.807) is 18.3 Å². The summed E-state index contributed by atoms with van der Waals surface area (Å²) in [4.78, 5) is 8.52. The number of hydrogen-bond donors (Lipinski definition) is 0. The Kier molecular flexibility index (Phi) is 3.74. The number of nitrogens with zero attached hydrogens (tertiary/aromatic N) is 3. The summed E-state index contributed by atoms with van der Waals surface area (Å²) in [6, 6.07) is 0. The van der Waals surface area contributed by atoms with Crippen LogP contribution < -0.4 is 4.74 Å². The summed E-state index contributed by atoms with van der Waals surface area (Å²) < 4.78 is 32.7. The van der Waals surface area contributed by atoms with Gasteiger partial charge in [0.1, 0.15) is 6.33 Å². The average molecular weight is 417 g/mol. The molecule has 0 saturated carbocycles. The molecular weight excluding hydrogens is 405 g/mol. The van der Waals surface area contributed by atoms with Crippen LogP contribution in [0.15, 0.2) is 35.7 Å². The van der Waals surface area contributed by atoms with Crippen molar-refractivity contribution < 1.29 is 13.2 Å². The van der Waals surface area contributed by atoms with Crippen molar-refractivity contribution in [2.45, 2.75) is 12.8 Å². The highest BCUT2D eigenvalue weighted by Gasteiger charge is 2.25. The minimum Gasteiger partial charge on any atom is -0.480 e. The van der Waals surface area contributed by atoms with E-state index in [0.29, 0.717) is 28.2 Å². The smallest absolute Gasteiger partial charge is 0.265 e. The Labute approximate surface area is 135 Å². The number of ether oxygens (including phenoxy) is 1. The maximum atomic E-state index is 12.8. The topological polar surface area (TPSA) is 74.1 Å². The van der Waals surface area contributed by atoms with Crippen LogP contribution in [0.1, 0.15) is 12.8 Å². The molecule has 2 aromatic rings. The minimum atomic E-state index is -3.62. The fourth-order valence-electron chi connectivity index (χ4n) is 2.23. The number of aromatic nitrogens is 3. The van der Waals surface area contributed by atoms with Crippen molar-refractivity contribution >= 4 is 43.6 Å². The standard InChI is InChI=1S/C13H12IN3O3S/c1-20-13-11-10(14)7-17(12(11)15-8-16-13)21(18,19)9-5-3-2-4-6-9/h2-3,5,7-8H,4,6H2,1H3. The fourth-order valence-corrected chi connectivity index (χ4v) is 4.65. The van der Waals surface area contributed by atoms with Gasteiger partial charge < -0.3 is 4.74 Å². The monoisotopic (exact) mass is 417 g/mol. The molecule has 0 spiro atoms. The molecule has 8 heteroatoms. The van der Waals surface area contributed by atoms with E-state index in [1.807, 2.05) is 6.08 Å². The van der Waals surface area contributed by atoms with E-state index in [1.165, 1.54) is 17.4 Å². The van der Waals surface area contributed by atoms with E-state index in [4.69, 9.17) is 4.74 Å². The number of halogens is 1. The second-order valence-corrected chi connectivity index (χ2v) is 7.49. The largest absolute Gasteiger partial charge is 0.480 e. The van der Waals surface area contributed by atoms with Gasteiger partial charge in [0.15, 0.2) is 5.65 Å². The molecule has 1 aliphatic rings. The van der Waals surface area contributed by atoms with E-state index in [0.717, 1.165) is 9.99 Å². The number of fused-ring (bicyclic) bond motifs is 1. The molecule has 2 heterocycles. The highest BCUT2D eigenvalue weighted by molar-refractivity contribution is 14.1. The van der Waals surface area contributed by atoms with E-state index in [9.17, 15) is 8.42 Å². The van der Waals surface area contributed by atoms with Crippen LogP contribution in [0, 0.1) is 3.57 Å². The van der Waals surface area contributed by atoms with Crippen LogP contribution in [0.2, 0.25) is 0 Å². The van der Waals surface area contributed by atoms with Gasteiger partial charge in [-0.15, -0.1) is 0 Å². The molecule has 0 aromatic carbocycles. The minimum absolute atomic E-state index is 0.335.